The second kappa shape index (κ2) is 9.11. The molecule has 0 atom stereocenters. The van der Waals surface area contributed by atoms with E-state index in [1.807, 2.05) is 13.0 Å². The highest BCUT2D eigenvalue weighted by atomic mass is 79.9. The van der Waals surface area contributed by atoms with Crippen LogP contribution in [0.1, 0.15) is 32.3 Å². The summed E-state index contributed by atoms with van der Waals surface area (Å²) in [4.78, 5) is 11.8. The summed E-state index contributed by atoms with van der Waals surface area (Å²) in [5.74, 6) is -0.402. The van der Waals surface area contributed by atoms with Crippen LogP contribution in [0, 0.1) is 11.3 Å². The van der Waals surface area contributed by atoms with E-state index in [0.717, 1.165) is 12.8 Å². The molecule has 1 aromatic carbocycles. The molecular weight excluding hydrogens is 350 g/mol. The molecule has 0 aliphatic carbocycles. The van der Waals surface area contributed by atoms with Gasteiger partial charge in [-0.3, -0.25) is 0 Å². The second-order valence-electron chi connectivity index (χ2n) is 4.44. The Hall–Kier alpha value is -2.00. The first-order chi connectivity index (χ1) is 10.5. The molecular formula is C16H18BrNO4. The van der Waals surface area contributed by atoms with Crippen LogP contribution in [0.5, 0.6) is 11.5 Å². The fraction of sp³-hybridized carbons (Fsp3) is 0.375. The van der Waals surface area contributed by atoms with E-state index in [1.54, 1.807) is 19.1 Å². The Morgan fingerprint density at radius 3 is 2.77 bits per heavy atom. The number of phenolic OH excluding ortho intramolecular Hbond substituents is 1. The van der Waals surface area contributed by atoms with Crippen molar-refractivity contribution in [1.82, 2.24) is 0 Å². The van der Waals surface area contributed by atoms with Gasteiger partial charge in [0.1, 0.15) is 11.6 Å². The summed E-state index contributed by atoms with van der Waals surface area (Å²) in [6, 6.07) is 4.98. The van der Waals surface area contributed by atoms with E-state index in [9.17, 15) is 9.90 Å². The number of esters is 1. The van der Waals surface area contributed by atoms with Crippen molar-refractivity contribution in [2.45, 2.75) is 26.7 Å². The van der Waals surface area contributed by atoms with Crippen molar-refractivity contribution in [1.29, 1.82) is 5.26 Å². The van der Waals surface area contributed by atoms with Gasteiger partial charge in [-0.25, -0.2) is 4.79 Å². The Kier molecular flexibility index (Phi) is 7.47. The first kappa shape index (κ1) is 18.1. The van der Waals surface area contributed by atoms with E-state index in [2.05, 4.69) is 15.9 Å². The van der Waals surface area contributed by atoms with Crippen LogP contribution in [0.15, 0.2) is 22.2 Å². The third-order valence-electron chi connectivity index (χ3n) is 2.73. The van der Waals surface area contributed by atoms with Crippen molar-refractivity contribution in [3.63, 3.8) is 0 Å². The number of nitrogens with zero attached hydrogens (tertiary/aromatic N) is 1. The lowest BCUT2D eigenvalue weighted by atomic mass is 10.1. The summed E-state index contributed by atoms with van der Waals surface area (Å²) in [6.07, 6.45) is 3.06. The lowest BCUT2D eigenvalue weighted by molar-refractivity contribution is -0.138. The molecule has 0 unspecified atom stereocenters. The number of carbonyl (C=O) groups is 1. The van der Waals surface area contributed by atoms with Gasteiger partial charge < -0.3 is 14.6 Å². The van der Waals surface area contributed by atoms with Gasteiger partial charge in [0.2, 0.25) is 0 Å². The molecule has 5 nitrogen and oxygen atoms in total. The van der Waals surface area contributed by atoms with Gasteiger partial charge in [0, 0.05) is 0 Å². The Labute approximate surface area is 138 Å². The van der Waals surface area contributed by atoms with E-state index in [0.29, 0.717) is 16.6 Å². The monoisotopic (exact) mass is 367 g/mol. The van der Waals surface area contributed by atoms with Crippen molar-refractivity contribution in [3.8, 4) is 17.6 Å². The van der Waals surface area contributed by atoms with Gasteiger partial charge in [0.15, 0.2) is 11.5 Å². The third-order valence-corrected chi connectivity index (χ3v) is 3.34. The predicted molar refractivity (Wildman–Crippen MR) is 86.4 cm³/mol. The molecule has 1 aromatic rings. The van der Waals surface area contributed by atoms with Crippen molar-refractivity contribution in [3.05, 3.63) is 27.7 Å². The van der Waals surface area contributed by atoms with E-state index < -0.39 is 5.97 Å². The normalized spacial score (nSPS) is 10.9. The first-order valence-electron chi connectivity index (χ1n) is 6.97. The smallest absolute Gasteiger partial charge is 0.348 e. The molecule has 0 amide bonds. The molecule has 0 heterocycles. The second-order valence-corrected chi connectivity index (χ2v) is 5.30. The van der Waals surface area contributed by atoms with Crippen LogP contribution < -0.4 is 4.74 Å². The number of unbranched alkanes of at least 4 members (excludes halogenated alkanes) is 1. The van der Waals surface area contributed by atoms with Gasteiger partial charge in [-0.05, 0) is 53.0 Å². The van der Waals surface area contributed by atoms with Crippen LogP contribution in [0.25, 0.3) is 6.08 Å². The fourth-order valence-electron chi connectivity index (χ4n) is 1.63. The van der Waals surface area contributed by atoms with Crippen molar-refractivity contribution in [2.24, 2.45) is 0 Å². The molecule has 6 heteroatoms. The average Bonchev–Trinajstić information content (AvgIpc) is 2.50. The lowest BCUT2D eigenvalue weighted by Gasteiger charge is -2.09. The van der Waals surface area contributed by atoms with Crippen molar-refractivity contribution >= 4 is 28.0 Å². The van der Waals surface area contributed by atoms with Crippen LogP contribution in [0.3, 0.4) is 0 Å². The molecule has 0 aliphatic rings. The Balaban J connectivity index is 3.02. The zero-order valence-electron chi connectivity index (χ0n) is 12.6. The number of hydrogen-bond donors (Lipinski definition) is 1. The topological polar surface area (TPSA) is 79.6 Å². The number of hydrogen-bond acceptors (Lipinski definition) is 5. The maximum absolute atomic E-state index is 11.8. The maximum atomic E-state index is 11.8. The molecule has 1 rings (SSSR count). The molecule has 1 N–H and O–H groups in total. The summed E-state index contributed by atoms with van der Waals surface area (Å²) in [6.45, 7) is 4.45. The molecule has 0 bridgehead atoms. The summed E-state index contributed by atoms with van der Waals surface area (Å²) in [7, 11) is 0. The van der Waals surface area contributed by atoms with Gasteiger partial charge in [-0.15, -0.1) is 0 Å². The number of phenols is 1. The number of rotatable bonds is 7. The largest absolute Gasteiger partial charge is 0.503 e. The third kappa shape index (κ3) is 5.08. The summed E-state index contributed by atoms with van der Waals surface area (Å²) < 4.78 is 10.7. The summed E-state index contributed by atoms with van der Waals surface area (Å²) in [5, 5.41) is 18.9. The van der Waals surface area contributed by atoms with Gasteiger partial charge in [-0.2, -0.15) is 5.26 Å². The Bertz CT molecular complexity index is 605. The minimum Gasteiger partial charge on any atom is -0.503 e. The van der Waals surface area contributed by atoms with E-state index >= 15 is 0 Å². The lowest BCUT2D eigenvalue weighted by Crippen LogP contribution is -2.07. The van der Waals surface area contributed by atoms with Gasteiger partial charge in [0.25, 0.3) is 0 Å². The van der Waals surface area contributed by atoms with Crippen molar-refractivity contribution in [2.75, 3.05) is 13.2 Å². The van der Waals surface area contributed by atoms with Crippen LogP contribution in [-0.4, -0.2) is 24.3 Å². The quantitative estimate of drug-likeness (QED) is 0.343. The number of aromatic hydroxyl groups is 1. The molecule has 0 aromatic heterocycles. The van der Waals surface area contributed by atoms with Gasteiger partial charge in [0.05, 0.1) is 17.7 Å². The molecule has 0 fully saturated rings. The highest BCUT2D eigenvalue weighted by Crippen LogP contribution is 2.36. The van der Waals surface area contributed by atoms with Gasteiger partial charge >= 0.3 is 5.97 Å². The minimum atomic E-state index is -0.655. The first-order valence-corrected chi connectivity index (χ1v) is 7.77. The SMILES string of the molecule is CCCCOC(=O)C(C#N)=Cc1cc(Br)c(O)c(OCC)c1. The van der Waals surface area contributed by atoms with Gasteiger partial charge in [-0.1, -0.05) is 13.3 Å². The van der Waals surface area contributed by atoms with E-state index in [-0.39, 0.29) is 23.7 Å². The maximum Gasteiger partial charge on any atom is 0.348 e. The molecule has 118 valence electrons. The molecule has 22 heavy (non-hydrogen) atoms. The molecule has 0 saturated carbocycles. The number of benzene rings is 1. The number of halogens is 1. The van der Waals surface area contributed by atoms with E-state index in [1.165, 1.54) is 6.08 Å². The molecule has 0 spiro atoms. The summed E-state index contributed by atoms with van der Waals surface area (Å²) in [5.41, 5.74) is 0.452. The summed E-state index contributed by atoms with van der Waals surface area (Å²) >= 11 is 3.21. The average molecular weight is 368 g/mol. The number of ether oxygens (including phenoxy) is 2. The Morgan fingerprint density at radius 2 is 2.18 bits per heavy atom. The molecule has 0 aliphatic heterocycles. The van der Waals surface area contributed by atoms with Crippen LogP contribution in [-0.2, 0) is 9.53 Å². The Morgan fingerprint density at radius 1 is 1.45 bits per heavy atom. The van der Waals surface area contributed by atoms with E-state index in [4.69, 9.17) is 14.7 Å². The molecule has 0 radical (unpaired) electrons. The number of carbonyl (C=O) groups excluding carboxylic acids is 1. The molecule has 0 saturated heterocycles. The number of nitriles is 1. The van der Waals surface area contributed by atoms with Crippen LogP contribution in [0.4, 0.5) is 0 Å². The van der Waals surface area contributed by atoms with Crippen molar-refractivity contribution < 1.29 is 19.4 Å². The fourth-order valence-corrected chi connectivity index (χ4v) is 2.09. The highest BCUT2D eigenvalue weighted by molar-refractivity contribution is 9.10. The standard InChI is InChI=1S/C16H18BrNO4/c1-3-5-6-22-16(20)12(10-18)7-11-8-13(17)15(19)14(9-11)21-4-2/h7-9,19H,3-6H2,1-2H3. The van der Waals surface area contributed by atoms with Crippen LogP contribution >= 0.6 is 15.9 Å². The highest BCUT2D eigenvalue weighted by Gasteiger charge is 2.13. The predicted octanol–water partition coefficient (Wildman–Crippen LogP) is 3.80. The zero-order valence-corrected chi connectivity index (χ0v) is 14.1. The van der Waals surface area contributed by atoms with Crippen LogP contribution in [0.2, 0.25) is 0 Å². The minimum absolute atomic E-state index is 0.0250. The zero-order chi connectivity index (χ0) is 16.5.